The first-order valence-electron chi connectivity index (χ1n) is 9.06. The average Bonchev–Trinajstić information content (AvgIpc) is 2.78. The maximum Gasteiger partial charge on any atom is 0.167 e. The molecule has 0 saturated heterocycles. The molecule has 3 nitrogen and oxygen atoms in total. The van der Waals surface area contributed by atoms with E-state index in [0.29, 0.717) is 10.6 Å². The molecule has 4 rings (SSSR count). The minimum atomic E-state index is -0.558. The Labute approximate surface area is 190 Å². The number of nitrogens with zero attached hydrogens (tertiary/aromatic N) is 3. The third-order valence-electron chi connectivity index (χ3n) is 4.76. The van der Waals surface area contributed by atoms with Gasteiger partial charge in [-0.3, -0.25) is 0 Å². The lowest BCUT2D eigenvalue weighted by Crippen LogP contribution is -2.55. The molecule has 3 aromatic carbocycles. The molecule has 0 amide bonds. The summed E-state index contributed by atoms with van der Waals surface area (Å²) < 4.78 is 14.6. The molecule has 0 aliphatic carbocycles. The summed E-state index contributed by atoms with van der Waals surface area (Å²) in [6, 6.07) is 13.2. The topological polar surface area (TPSA) is 38.7 Å². The van der Waals surface area contributed by atoms with Gasteiger partial charge in [-0.2, -0.15) is 0 Å². The van der Waals surface area contributed by atoms with Crippen molar-refractivity contribution in [3.8, 4) is 34.2 Å². The Bertz CT molecular complexity index is 1290. The highest BCUT2D eigenvalue weighted by Crippen LogP contribution is 2.27. The molecule has 0 atom stereocenters. The van der Waals surface area contributed by atoms with Gasteiger partial charge in [0.1, 0.15) is 45.0 Å². The van der Waals surface area contributed by atoms with Crippen LogP contribution in [-0.2, 0) is 0 Å². The van der Waals surface area contributed by atoms with Crippen LogP contribution in [0.25, 0.3) is 34.2 Å². The van der Waals surface area contributed by atoms with Gasteiger partial charge in [0.25, 0.3) is 0 Å². The van der Waals surface area contributed by atoms with Crippen LogP contribution in [0.2, 0.25) is 5.02 Å². The zero-order valence-electron chi connectivity index (χ0n) is 16.1. The van der Waals surface area contributed by atoms with Crippen LogP contribution in [0, 0.1) is 5.82 Å². The van der Waals surface area contributed by atoms with Gasteiger partial charge in [-0.25, -0.2) is 19.3 Å². The third kappa shape index (κ3) is 3.95. The Balaban J connectivity index is 2.06. The molecule has 0 bridgehead atoms. The molecule has 10 radical (unpaired) electrons. The van der Waals surface area contributed by atoms with Crippen LogP contribution < -0.4 is 27.3 Å². The van der Waals surface area contributed by atoms with E-state index in [0.717, 1.165) is 0 Å². The van der Waals surface area contributed by atoms with E-state index in [2.05, 4.69) is 15.0 Å². The van der Waals surface area contributed by atoms with Gasteiger partial charge < -0.3 is 0 Å². The summed E-state index contributed by atoms with van der Waals surface area (Å²) in [4.78, 5) is 13.3. The van der Waals surface area contributed by atoms with Gasteiger partial charge in [-0.15, -0.1) is 16.4 Å². The van der Waals surface area contributed by atoms with Gasteiger partial charge in [0.2, 0.25) is 0 Å². The predicted molar refractivity (Wildman–Crippen MR) is 128 cm³/mol. The van der Waals surface area contributed by atoms with Crippen molar-refractivity contribution >= 4 is 78.1 Å². The predicted octanol–water partition coefficient (Wildman–Crippen LogP) is -0.366. The van der Waals surface area contributed by atoms with Crippen molar-refractivity contribution in [3.63, 3.8) is 0 Å². The molecule has 0 aliphatic rings. The Morgan fingerprint density at radius 2 is 1.19 bits per heavy atom. The molecule has 1 heterocycles. The van der Waals surface area contributed by atoms with Crippen LogP contribution in [-0.4, -0.2) is 54.2 Å². The molecule has 0 fully saturated rings. The monoisotopic (exact) mass is 411 g/mol. The van der Waals surface area contributed by atoms with E-state index in [1.54, 1.807) is 12.1 Å². The lowest BCUT2D eigenvalue weighted by molar-refractivity contribution is 0.630. The van der Waals surface area contributed by atoms with Crippen LogP contribution in [0.15, 0.2) is 48.5 Å². The quantitative estimate of drug-likeness (QED) is 0.433. The number of halogens is 2. The largest absolute Gasteiger partial charge is 0.208 e. The summed E-state index contributed by atoms with van der Waals surface area (Å²) >= 11 is 6.06. The van der Waals surface area contributed by atoms with Crippen LogP contribution in [0.4, 0.5) is 4.39 Å². The second-order valence-corrected chi connectivity index (χ2v) is 7.18. The fourth-order valence-electron chi connectivity index (χ4n) is 3.08. The highest BCUT2D eigenvalue weighted by atomic mass is 35.5. The zero-order valence-corrected chi connectivity index (χ0v) is 16.9. The number of rotatable bonds is 3. The fraction of sp³-hybridized carbons (Fsp3) is 0. The first-order valence-corrected chi connectivity index (χ1v) is 9.44. The number of hydrogen-bond donors (Lipinski definition) is 0. The molecular formula is C21H8B5ClFN3. The lowest BCUT2D eigenvalue weighted by atomic mass is 9.60. The summed E-state index contributed by atoms with van der Waals surface area (Å²) in [6.45, 7) is 0. The molecule has 0 saturated carbocycles. The van der Waals surface area contributed by atoms with Crippen molar-refractivity contribution in [2.45, 2.75) is 0 Å². The molecule has 0 spiro atoms. The molecule has 0 unspecified atom stereocenters. The number of hydrogen-bond acceptors (Lipinski definition) is 3. The first kappa shape index (κ1) is 21.4. The Hall–Kier alpha value is -2.79. The second kappa shape index (κ2) is 8.39. The lowest BCUT2D eigenvalue weighted by Gasteiger charge is -2.20. The van der Waals surface area contributed by atoms with Gasteiger partial charge in [-0.05, 0) is 18.2 Å². The van der Waals surface area contributed by atoms with E-state index in [1.165, 1.54) is 18.2 Å². The Morgan fingerprint density at radius 1 is 0.645 bits per heavy atom. The summed E-state index contributed by atoms with van der Waals surface area (Å²) in [6.07, 6.45) is 0. The van der Waals surface area contributed by atoms with Crippen molar-refractivity contribution < 1.29 is 4.39 Å². The van der Waals surface area contributed by atoms with E-state index in [9.17, 15) is 4.39 Å². The summed E-state index contributed by atoms with van der Waals surface area (Å²) in [5.41, 5.74) is 1.24. The van der Waals surface area contributed by atoms with Crippen molar-refractivity contribution in [1.82, 2.24) is 15.0 Å². The van der Waals surface area contributed by atoms with Crippen LogP contribution in [0.3, 0.4) is 0 Å². The standard InChI is InChI=1S/C21H8B5ClFN3/c22-14-13(15(23)17(25)18(26)16(14)24)21-30-19(9-4-2-1-3-5-9)29-20(31-21)11-8-10(27)6-7-12(11)28/h1-8H. The highest BCUT2D eigenvalue weighted by molar-refractivity contribution is 6.68. The third-order valence-corrected chi connectivity index (χ3v) is 4.99. The van der Waals surface area contributed by atoms with Crippen LogP contribution >= 0.6 is 11.6 Å². The number of aromatic nitrogens is 3. The fourth-order valence-corrected chi connectivity index (χ4v) is 3.26. The van der Waals surface area contributed by atoms with E-state index in [1.807, 2.05) is 18.2 Å². The summed E-state index contributed by atoms with van der Waals surface area (Å²) in [5.74, 6) is -0.182. The molecule has 10 heteroatoms. The van der Waals surface area contributed by atoms with Gasteiger partial charge in [0.05, 0.1) is 5.56 Å². The minimum absolute atomic E-state index is 0.0385. The molecule has 0 aliphatic heterocycles. The molecule has 136 valence electrons. The van der Waals surface area contributed by atoms with Crippen molar-refractivity contribution in [1.29, 1.82) is 0 Å². The van der Waals surface area contributed by atoms with E-state index >= 15 is 0 Å². The van der Waals surface area contributed by atoms with Gasteiger partial charge in [-0.1, -0.05) is 52.9 Å². The van der Waals surface area contributed by atoms with E-state index in [-0.39, 0.29) is 55.9 Å². The molecule has 0 N–H and O–H groups in total. The maximum atomic E-state index is 14.6. The Kier molecular flexibility index (Phi) is 5.80. The Morgan fingerprint density at radius 3 is 1.84 bits per heavy atom. The SMILES string of the molecule is [B]c1c([B])c([B])c(-c2nc(-c3ccccc3)nc(-c3cc(Cl)ccc3F)n2)c([B])c1[B]. The zero-order chi connectivity index (χ0) is 22.3. The molecular weight excluding hydrogens is 403 g/mol. The van der Waals surface area contributed by atoms with Gasteiger partial charge in [0, 0.05) is 16.1 Å². The van der Waals surface area contributed by atoms with Gasteiger partial charge in [0.15, 0.2) is 17.5 Å². The normalized spacial score (nSPS) is 10.9. The minimum Gasteiger partial charge on any atom is -0.208 e. The van der Waals surface area contributed by atoms with E-state index < -0.39 is 5.82 Å². The summed E-state index contributed by atoms with van der Waals surface area (Å²) in [7, 11) is 30.2. The first-order chi connectivity index (χ1) is 14.8. The smallest absolute Gasteiger partial charge is 0.167 e. The maximum absolute atomic E-state index is 14.6. The summed E-state index contributed by atoms with van der Waals surface area (Å²) in [5, 5.41) is 0.319. The van der Waals surface area contributed by atoms with Crippen molar-refractivity contribution in [2.75, 3.05) is 0 Å². The molecule has 31 heavy (non-hydrogen) atoms. The van der Waals surface area contributed by atoms with Crippen molar-refractivity contribution in [2.24, 2.45) is 0 Å². The highest BCUT2D eigenvalue weighted by Gasteiger charge is 2.19. The number of benzene rings is 3. The molecule has 1 aromatic heterocycles. The van der Waals surface area contributed by atoms with E-state index in [4.69, 9.17) is 50.8 Å². The van der Waals surface area contributed by atoms with Gasteiger partial charge >= 0.3 is 0 Å². The second-order valence-electron chi connectivity index (χ2n) is 6.74. The van der Waals surface area contributed by atoms with Crippen LogP contribution in [0.5, 0.6) is 0 Å². The molecule has 4 aromatic rings. The average molecular weight is 411 g/mol. The van der Waals surface area contributed by atoms with Crippen LogP contribution in [0.1, 0.15) is 0 Å². The van der Waals surface area contributed by atoms with Crippen molar-refractivity contribution in [3.05, 3.63) is 59.4 Å².